The molecule has 0 unspecified atom stereocenters. The SMILES string of the molecule is C=C1CC[C@@H](O)CC1=CC=C1CCC[C@]2(C)[C@@H]([C@@H](C)CCCC(C)C)CC[C@@H]12. The van der Waals surface area contributed by atoms with Crippen LogP contribution in [0.5, 0.6) is 0 Å². The molecule has 3 aliphatic carbocycles. The van der Waals surface area contributed by atoms with E-state index in [2.05, 4.69) is 46.4 Å². The third kappa shape index (κ3) is 4.84. The molecule has 0 aromatic rings. The third-order valence-corrected chi connectivity index (χ3v) is 8.35. The van der Waals surface area contributed by atoms with Crippen LogP contribution in [0, 0.1) is 29.1 Å². The summed E-state index contributed by atoms with van der Waals surface area (Å²) < 4.78 is 0. The van der Waals surface area contributed by atoms with E-state index in [1.807, 2.05) is 0 Å². The number of hydrogen-bond donors (Lipinski definition) is 1. The van der Waals surface area contributed by atoms with Gasteiger partial charge >= 0.3 is 0 Å². The average molecular weight is 385 g/mol. The van der Waals surface area contributed by atoms with Crippen LogP contribution in [0.1, 0.15) is 98.3 Å². The van der Waals surface area contributed by atoms with Crippen molar-refractivity contribution in [3.05, 3.63) is 35.5 Å². The van der Waals surface area contributed by atoms with Crippen molar-refractivity contribution >= 4 is 0 Å². The molecule has 0 saturated heterocycles. The van der Waals surface area contributed by atoms with Gasteiger partial charge in [0, 0.05) is 0 Å². The van der Waals surface area contributed by atoms with Crippen LogP contribution in [-0.4, -0.2) is 11.2 Å². The van der Waals surface area contributed by atoms with Crippen LogP contribution >= 0.6 is 0 Å². The van der Waals surface area contributed by atoms with Gasteiger partial charge < -0.3 is 5.11 Å². The van der Waals surface area contributed by atoms with Gasteiger partial charge in [-0.25, -0.2) is 0 Å². The van der Waals surface area contributed by atoms with Crippen molar-refractivity contribution in [2.45, 2.75) is 104 Å². The lowest BCUT2D eigenvalue weighted by Gasteiger charge is -2.44. The van der Waals surface area contributed by atoms with Gasteiger partial charge in [-0.15, -0.1) is 0 Å². The summed E-state index contributed by atoms with van der Waals surface area (Å²) in [4.78, 5) is 0. The highest BCUT2D eigenvalue weighted by molar-refractivity contribution is 5.36. The van der Waals surface area contributed by atoms with Gasteiger partial charge in [-0.1, -0.05) is 76.8 Å². The fourth-order valence-electron chi connectivity index (χ4n) is 6.66. The molecule has 3 saturated carbocycles. The maximum atomic E-state index is 10.0. The van der Waals surface area contributed by atoms with Gasteiger partial charge in [0.2, 0.25) is 0 Å². The summed E-state index contributed by atoms with van der Waals surface area (Å²) in [7, 11) is 0. The lowest BCUT2D eigenvalue weighted by Crippen LogP contribution is -2.36. The van der Waals surface area contributed by atoms with Crippen LogP contribution in [0.4, 0.5) is 0 Å². The first-order chi connectivity index (χ1) is 13.3. The van der Waals surface area contributed by atoms with Crippen molar-refractivity contribution in [1.29, 1.82) is 0 Å². The Kier molecular flexibility index (Phi) is 7.29. The van der Waals surface area contributed by atoms with E-state index in [9.17, 15) is 5.11 Å². The Morgan fingerprint density at radius 3 is 2.64 bits per heavy atom. The number of allylic oxidation sites excluding steroid dienone is 4. The molecule has 3 rings (SSSR count). The van der Waals surface area contributed by atoms with Crippen LogP contribution in [0.3, 0.4) is 0 Å². The van der Waals surface area contributed by atoms with Crippen molar-refractivity contribution in [3.63, 3.8) is 0 Å². The summed E-state index contributed by atoms with van der Waals surface area (Å²) in [5.74, 6) is 3.37. The highest BCUT2D eigenvalue weighted by atomic mass is 16.3. The Hall–Kier alpha value is -0.820. The fraction of sp³-hybridized carbons (Fsp3) is 0.778. The van der Waals surface area contributed by atoms with Crippen molar-refractivity contribution < 1.29 is 5.11 Å². The third-order valence-electron chi connectivity index (χ3n) is 8.35. The van der Waals surface area contributed by atoms with Gasteiger partial charge in [0.1, 0.15) is 0 Å². The van der Waals surface area contributed by atoms with Gasteiger partial charge in [-0.05, 0) is 86.0 Å². The molecule has 158 valence electrons. The minimum Gasteiger partial charge on any atom is -0.393 e. The van der Waals surface area contributed by atoms with E-state index in [1.54, 1.807) is 5.57 Å². The highest BCUT2D eigenvalue weighted by Crippen LogP contribution is 2.59. The molecule has 5 atom stereocenters. The summed E-state index contributed by atoms with van der Waals surface area (Å²) in [5.41, 5.74) is 4.72. The molecule has 0 radical (unpaired) electrons. The summed E-state index contributed by atoms with van der Waals surface area (Å²) in [6.07, 6.45) is 18.2. The smallest absolute Gasteiger partial charge is 0.0583 e. The van der Waals surface area contributed by atoms with Gasteiger partial charge in [-0.2, -0.15) is 0 Å². The zero-order chi connectivity index (χ0) is 20.3. The second kappa shape index (κ2) is 9.33. The number of rotatable bonds is 6. The van der Waals surface area contributed by atoms with Gasteiger partial charge in [0.05, 0.1) is 6.10 Å². The van der Waals surface area contributed by atoms with Crippen molar-refractivity contribution in [3.8, 4) is 0 Å². The first-order valence-corrected chi connectivity index (χ1v) is 12.1. The Bertz CT molecular complexity index is 610. The standard InChI is InChI=1S/C27H44O/c1-19(2)8-6-9-21(4)25-15-16-26-22(10-7-17-27(25,26)5)12-13-23-18-24(28)14-11-20(23)3/h12-13,19,21,24-26,28H,3,6-11,14-18H2,1-2,4-5H3/t21-,24+,25+,26-,27+/m0/s1. The lowest BCUT2D eigenvalue weighted by atomic mass is 9.60. The first kappa shape index (κ1) is 21.9. The number of aliphatic hydroxyl groups is 1. The molecule has 3 fully saturated rings. The summed E-state index contributed by atoms with van der Waals surface area (Å²) in [6, 6.07) is 0. The Morgan fingerprint density at radius 1 is 1.11 bits per heavy atom. The second-order valence-electron chi connectivity index (χ2n) is 10.8. The topological polar surface area (TPSA) is 20.2 Å². The molecule has 1 N–H and O–H groups in total. The molecule has 0 aromatic heterocycles. The molecule has 0 amide bonds. The molecule has 0 heterocycles. The summed E-state index contributed by atoms with van der Waals surface area (Å²) in [6.45, 7) is 14.1. The maximum absolute atomic E-state index is 10.0. The Morgan fingerprint density at radius 2 is 1.89 bits per heavy atom. The minimum absolute atomic E-state index is 0.172. The first-order valence-electron chi connectivity index (χ1n) is 12.1. The van der Waals surface area contributed by atoms with Crippen LogP contribution < -0.4 is 0 Å². The van der Waals surface area contributed by atoms with Gasteiger partial charge in [0.15, 0.2) is 0 Å². The van der Waals surface area contributed by atoms with E-state index in [0.29, 0.717) is 5.41 Å². The van der Waals surface area contributed by atoms with Crippen LogP contribution in [-0.2, 0) is 0 Å². The van der Waals surface area contributed by atoms with E-state index in [0.717, 1.165) is 42.9 Å². The molecular formula is C27H44O. The summed E-state index contributed by atoms with van der Waals surface area (Å²) >= 11 is 0. The molecule has 1 heteroatoms. The predicted octanol–water partition coefficient (Wildman–Crippen LogP) is 7.62. The van der Waals surface area contributed by atoms with E-state index >= 15 is 0 Å². The van der Waals surface area contributed by atoms with Crippen LogP contribution in [0.15, 0.2) is 35.5 Å². The lowest BCUT2D eigenvalue weighted by molar-refractivity contribution is 0.0929. The molecule has 0 aliphatic heterocycles. The van der Waals surface area contributed by atoms with Crippen molar-refractivity contribution in [1.82, 2.24) is 0 Å². The Balaban J connectivity index is 1.70. The molecule has 1 nitrogen and oxygen atoms in total. The van der Waals surface area contributed by atoms with E-state index in [-0.39, 0.29) is 6.10 Å². The normalized spacial score (nSPS) is 37.6. The summed E-state index contributed by atoms with van der Waals surface area (Å²) in [5, 5.41) is 10.0. The average Bonchev–Trinajstić information content (AvgIpc) is 2.99. The van der Waals surface area contributed by atoms with Gasteiger partial charge in [-0.3, -0.25) is 0 Å². The van der Waals surface area contributed by atoms with Crippen LogP contribution in [0.2, 0.25) is 0 Å². The monoisotopic (exact) mass is 384 g/mol. The second-order valence-corrected chi connectivity index (χ2v) is 10.8. The number of hydrogen-bond acceptors (Lipinski definition) is 1. The van der Waals surface area contributed by atoms with Crippen molar-refractivity contribution in [2.24, 2.45) is 29.1 Å². The molecule has 0 aromatic carbocycles. The number of aliphatic hydroxyl groups excluding tert-OH is 1. The van der Waals surface area contributed by atoms with Crippen LogP contribution in [0.25, 0.3) is 0 Å². The van der Waals surface area contributed by atoms with E-state index < -0.39 is 0 Å². The minimum atomic E-state index is -0.172. The Labute approximate surface area is 174 Å². The number of fused-ring (bicyclic) bond motifs is 1. The predicted molar refractivity (Wildman–Crippen MR) is 121 cm³/mol. The molecule has 3 aliphatic rings. The van der Waals surface area contributed by atoms with Crippen molar-refractivity contribution in [2.75, 3.05) is 0 Å². The zero-order valence-corrected chi connectivity index (χ0v) is 19.0. The molecular weight excluding hydrogens is 340 g/mol. The largest absolute Gasteiger partial charge is 0.393 e. The van der Waals surface area contributed by atoms with E-state index in [1.165, 1.54) is 62.5 Å². The highest BCUT2D eigenvalue weighted by Gasteiger charge is 2.50. The molecule has 0 spiro atoms. The maximum Gasteiger partial charge on any atom is 0.0583 e. The fourth-order valence-corrected chi connectivity index (χ4v) is 6.66. The molecule has 0 bridgehead atoms. The molecule has 28 heavy (non-hydrogen) atoms. The van der Waals surface area contributed by atoms with E-state index in [4.69, 9.17) is 0 Å². The zero-order valence-electron chi connectivity index (χ0n) is 19.0. The quantitative estimate of drug-likeness (QED) is 0.499. The van der Waals surface area contributed by atoms with Gasteiger partial charge in [0.25, 0.3) is 0 Å².